The topological polar surface area (TPSA) is 64.3 Å². The van der Waals surface area contributed by atoms with Crippen molar-refractivity contribution in [2.45, 2.75) is 32.9 Å². The standard InChI is InChI=1S/C15H24N2O2.ClH/c1-11(2)19-10-9-17-15(18)12(3)14(16)13-7-5-4-6-8-13;/h4-8,11-12,14H,9-10,16H2,1-3H3,(H,17,18);1H. The number of rotatable bonds is 7. The summed E-state index contributed by atoms with van der Waals surface area (Å²) in [6.07, 6.45) is 0.181. The average Bonchev–Trinajstić information content (AvgIpc) is 2.42. The van der Waals surface area contributed by atoms with Crippen molar-refractivity contribution in [1.82, 2.24) is 5.32 Å². The van der Waals surface area contributed by atoms with Gasteiger partial charge in [-0.2, -0.15) is 0 Å². The molecule has 0 aromatic heterocycles. The number of hydrogen-bond donors (Lipinski definition) is 2. The Morgan fingerprint density at radius 3 is 2.40 bits per heavy atom. The first-order valence-electron chi connectivity index (χ1n) is 6.72. The SMILES string of the molecule is CC(C)OCCNC(=O)C(C)C(N)c1ccccc1.Cl. The van der Waals surface area contributed by atoms with Gasteiger partial charge in [0.15, 0.2) is 0 Å². The van der Waals surface area contributed by atoms with Gasteiger partial charge in [-0.3, -0.25) is 4.79 Å². The van der Waals surface area contributed by atoms with Gasteiger partial charge in [0.2, 0.25) is 5.91 Å². The lowest BCUT2D eigenvalue weighted by Gasteiger charge is -2.20. The van der Waals surface area contributed by atoms with Crippen molar-refractivity contribution in [3.8, 4) is 0 Å². The molecule has 0 bridgehead atoms. The van der Waals surface area contributed by atoms with E-state index < -0.39 is 0 Å². The minimum absolute atomic E-state index is 0. The van der Waals surface area contributed by atoms with Crippen molar-refractivity contribution in [3.63, 3.8) is 0 Å². The fourth-order valence-corrected chi connectivity index (χ4v) is 1.76. The zero-order chi connectivity index (χ0) is 14.3. The van der Waals surface area contributed by atoms with E-state index in [0.29, 0.717) is 13.2 Å². The molecule has 1 aromatic rings. The number of halogens is 1. The van der Waals surface area contributed by atoms with Gasteiger partial charge in [-0.25, -0.2) is 0 Å². The maximum atomic E-state index is 12.0. The van der Waals surface area contributed by atoms with Gasteiger partial charge in [-0.15, -0.1) is 12.4 Å². The van der Waals surface area contributed by atoms with Crippen LogP contribution < -0.4 is 11.1 Å². The summed E-state index contributed by atoms with van der Waals surface area (Å²) in [7, 11) is 0. The van der Waals surface area contributed by atoms with Crippen LogP contribution in [0.5, 0.6) is 0 Å². The average molecular weight is 301 g/mol. The second-order valence-electron chi connectivity index (χ2n) is 4.94. The van der Waals surface area contributed by atoms with Gasteiger partial charge < -0.3 is 15.8 Å². The van der Waals surface area contributed by atoms with E-state index in [1.165, 1.54) is 0 Å². The molecule has 4 nitrogen and oxygen atoms in total. The lowest BCUT2D eigenvalue weighted by molar-refractivity contribution is -0.125. The Labute approximate surface area is 127 Å². The zero-order valence-electron chi connectivity index (χ0n) is 12.3. The van der Waals surface area contributed by atoms with Gasteiger partial charge in [0.25, 0.3) is 0 Å². The molecule has 0 fully saturated rings. The summed E-state index contributed by atoms with van der Waals surface area (Å²) >= 11 is 0. The van der Waals surface area contributed by atoms with Crippen LogP contribution in [0.1, 0.15) is 32.4 Å². The van der Waals surface area contributed by atoms with Crippen molar-refractivity contribution in [2.75, 3.05) is 13.2 Å². The zero-order valence-corrected chi connectivity index (χ0v) is 13.2. The number of benzene rings is 1. The normalized spacial score (nSPS) is 13.4. The van der Waals surface area contributed by atoms with Crippen LogP contribution in [0.15, 0.2) is 30.3 Å². The van der Waals surface area contributed by atoms with E-state index in [1.807, 2.05) is 51.1 Å². The van der Waals surface area contributed by atoms with E-state index in [-0.39, 0.29) is 36.4 Å². The molecule has 20 heavy (non-hydrogen) atoms. The van der Waals surface area contributed by atoms with Crippen molar-refractivity contribution in [2.24, 2.45) is 11.7 Å². The van der Waals surface area contributed by atoms with Crippen LogP contribution in [0.3, 0.4) is 0 Å². The fraction of sp³-hybridized carbons (Fsp3) is 0.533. The second-order valence-corrected chi connectivity index (χ2v) is 4.94. The molecule has 1 rings (SSSR count). The molecule has 3 N–H and O–H groups in total. The van der Waals surface area contributed by atoms with Gasteiger partial charge >= 0.3 is 0 Å². The summed E-state index contributed by atoms with van der Waals surface area (Å²) < 4.78 is 5.37. The number of amides is 1. The van der Waals surface area contributed by atoms with Gasteiger partial charge in [0, 0.05) is 12.6 Å². The Balaban J connectivity index is 0.00000361. The third-order valence-electron chi connectivity index (χ3n) is 2.99. The van der Waals surface area contributed by atoms with E-state index in [9.17, 15) is 4.79 Å². The predicted octanol–water partition coefficient (Wildman–Crippen LogP) is 2.29. The molecule has 1 aromatic carbocycles. The smallest absolute Gasteiger partial charge is 0.224 e. The third-order valence-corrected chi connectivity index (χ3v) is 2.99. The molecule has 0 saturated heterocycles. The predicted molar refractivity (Wildman–Crippen MR) is 83.9 cm³/mol. The molecule has 5 heteroatoms. The summed E-state index contributed by atoms with van der Waals surface area (Å²) in [5.41, 5.74) is 7.08. The Hall–Kier alpha value is -1.10. The number of carbonyl (C=O) groups is 1. The van der Waals surface area contributed by atoms with Crippen molar-refractivity contribution in [3.05, 3.63) is 35.9 Å². The fourth-order valence-electron chi connectivity index (χ4n) is 1.76. The number of ether oxygens (including phenoxy) is 1. The van der Waals surface area contributed by atoms with Crippen LogP contribution in [-0.4, -0.2) is 25.2 Å². The molecular formula is C15H25ClN2O2. The van der Waals surface area contributed by atoms with Crippen molar-refractivity contribution < 1.29 is 9.53 Å². The maximum absolute atomic E-state index is 12.0. The van der Waals surface area contributed by atoms with Gasteiger partial charge in [0.05, 0.1) is 18.6 Å². The first-order valence-corrected chi connectivity index (χ1v) is 6.72. The van der Waals surface area contributed by atoms with Crippen LogP contribution in [0.25, 0.3) is 0 Å². The molecular weight excluding hydrogens is 276 g/mol. The molecule has 2 unspecified atom stereocenters. The van der Waals surface area contributed by atoms with E-state index in [1.54, 1.807) is 0 Å². The Bertz CT molecular complexity index is 385. The highest BCUT2D eigenvalue weighted by atomic mass is 35.5. The lowest BCUT2D eigenvalue weighted by Crippen LogP contribution is -2.37. The van der Waals surface area contributed by atoms with E-state index in [4.69, 9.17) is 10.5 Å². The molecule has 1 amide bonds. The van der Waals surface area contributed by atoms with Gasteiger partial charge in [-0.05, 0) is 19.4 Å². The van der Waals surface area contributed by atoms with E-state index >= 15 is 0 Å². The van der Waals surface area contributed by atoms with Crippen LogP contribution in [0, 0.1) is 5.92 Å². The van der Waals surface area contributed by atoms with Crippen molar-refractivity contribution >= 4 is 18.3 Å². The molecule has 114 valence electrons. The number of nitrogens with one attached hydrogen (secondary N) is 1. The lowest BCUT2D eigenvalue weighted by atomic mass is 9.95. The first-order chi connectivity index (χ1) is 9.02. The molecule has 0 radical (unpaired) electrons. The monoisotopic (exact) mass is 300 g/mol. The molecule has 0 saturated carbocycles. The van der Waals surface area contributed by atoms with Gasteiger partial charge in [-0.1, -0.05) is 37.3 Å². The number of nitrogens with two attached hydrogens (primary N) is 1. The van der Waals surface area contributed by atoms with Gasteiger partial charge in [0.1, 0.15) is 0 Å². The van der Waals surface area contributed by atoms with E-state index in [0.717, 1.165) is 5.56 Å². The largest absolute Gasteiger partial charge is 0.377 e. The molecule has 0 aliphatic heterocycles. The van der Waals surface area contributed by atoms with Crippen LogP contribution >= 0.6 is 12.4 Å². The minimum Gasteiger partial charge on any atom is -0.377 e. The summed E-state index contributed by atoms with van der Waals surface area (Å²) in [5, 5.41) is 2.84. The molecule has 0 heterocycles. The summed E-state index contributed by atoms with van der Waals surface area (Å²) in [6, 6.07) is 9.39. The summed E-state index contributed by atoms with van der Waals surface area (Å²) in [5.74, 6) is -0.301. The summed E-state index contributed by atoms with van der Waals surface area (Å²) in [6.45, 7) is 6.82. The number of carbonyl (C=O) groups excluding carboxylic acids is 1. The Morgan fingerprint density at radius 1 is 1.25 bits per heavy atom. The molecule has 0 aliphatic rings. The van der Waals surface area contributed by atoms with Crippen molar-refractivity contribution in [1.29, 1.82) is 0 Å². The first kappa shape index (κ1) is 18.9. The second kappa shape index (κ2) is 9.75. The molecule has 2 atom stereocenters. The third kappa shape index (κ3) is 6.37. The summed E-state index contributed by atoms with van der Waals surface area (Å²) in [4.78, 5) is 12.0. The van der Waals surface area contributed by atoms with Crippen LogP contribution in [0.2, 0.25) is 0 Å². The highest BCUT2D eigenvalue weighted by molar-refractivity contribution is 5.85. The minimum atomic E-state index is -0.285. The highest BCUT2D eigenvalue weighted by Gasteiger charge is 2.21. The highest BCUT2D eigenvalue weighted by Crippen LogP contribution is 2.18. The quantitative estimate of drug-likeness (QED) is 0.759. The van der Waals surface area contributed by atoms with E-state index in [2.05, 4.69) is 5.32 Å². The maximum Gasteiger partial charge on any atom is 0.224 e. The van der Waals surface area contributed by atoms with Crippen LogP contribution in [0.4, 0.5) is 0 Å². The molecule has 0 spiro atoms. The van der Waals surface area contributed by atoms with Crippen LogP contribution in [-0.2, 0) is 9.53 Å². The number of hydrogen-bond acceptors (Lipinski definition) is 3. The molecule has 0 aliphatic carbocycles. The Morgan fingerprint density at radius 2 is 1.85 bits per heavy atom. The Kier molecular flexibility index (Phi) is 9.21.